The van der Waals surface area contributed by atoms with Crippen LogP contribution in [-0.4, -0.2) is 19.5 Å². The van der Waals surface area contributed by atoms with Crippen LogP contribution in [0.5, 0.6) is 0 Å². The van der Waals surface area contributed by atoms with E-state index in [1.54, 1.807) is 24.3 Å². The molecule has 0 bridgehead atoms. The van der Waals surface area contributed by atoms with Crippen LogP contribution in [0.15, 0.2) is 52.7 Å². The van der Waals surface area contributed by atoms with E-state index < -0.39 is 16.0 Å². The molecule has 0 unspecified atom stereocenters. The first-order chi connectivity index (χ1) is 10.9. The molecule has 118 valence electrons. The molecule has 2 aromatic carbocycles. The number of carbonyl (C=O) groups is 1. The predicted octanol–water partition coefficient (Wildman–Crippen LogP) is 4.05. The summed E-state index contributed by atoms with van der Waals surface area (Å²) in [6.45, 7) is 0. The van der Waals surface area contributed by atoms with Gasteiger partial charge in [0.1, 0.15) is 4.21 Å². The van der Waals surface area contributed by atoms with Gasteiger partial charge < -0.3 is 5.11 Å². The summed E-state index contributed by atoms with van der Waals surface area (Å²) in [6, 6.07) is 12.9. The van der Waals surface area contributed by atoms with Crippen molar-refractivity contribution in [3.63, 3.8) is 0 Å². The Balaban J connectivity index is 2.11. The zero-order valence-electron chi connectivity index (χ0n) is 11.5. The molecular weight excluding hydrogens is 358 g/mol. The monoisotopic (exact) mass is 367 g/mol. The number of benzene rings is 2. The number of hydrogen-bond donors (Lipinski definition) is 2. The molecule has 0 radical (unpaired) electrons. The maximum absolute atomic E-state index is 12.4. The minimum absolute atomic E-state index is 0.0146. The SMILES string of the molecule is O=C(O)c1cc2ccccc2cc1NS(=O)(=O)c1ccc(Cl)s1. The lowest BCUT2D eigenvalue weighted by Crippen LogP contribution is -2.14. The third-order valence-electron chi connectivity index (χ3n) is 3.17. The fourth-order valence-electron chi connectivity index (χ4n) is 2.14. The van der Waals surface area contributed by atoms with Gasteiger partial charge in [0, 0.05) is 0 Å². The molecule has 0 atom stereocenters. The number of carboxylic acids is 1. The quantitative estimate of drug-likeness (QED) is 0.728. The minimum atomic E-state index is -3.90. The van der Waals surface area contributed by atoms with E-state index in [9.17, 15) is 18.3 Å². The maximum Gasteiger partial charge on any atom is 0.337 e. The van der Waals surface area contributed by atoms with Gasteiger partial charge in [0.25, 0.3) is 10.0 Å². The number of anilines is 1. The number of rotatable bonds is 4. The van der Waals surface area contributed by atoms with Crippen LogP contribution >= 0.6 is 22.9 Å². The molecule has 0 saturated carbocycles. The molecule has 0 amide bonds. The highest BCUT2D eigenvalue weighted by Crippen LogP contribution is 2.30. The van der Waals surface area contributed by atoms with Gasteiger partial charge in [-0.3, -0.25) is 4.72 Å². The van der Waals surface area contributed by atoms with E-state index in [2.05, 4.69) is 4.72 Å². The topological polar surface area (TPSA) is 83.5 Å². The molecule has 0 aliphatic carbocycles. The molecule has 3 aromatic rings. The normalized spacial score (nSPS) is 11.5. The first kappa shape index (κ1) is 15.8. The molecule has 1 heterocycles. The van der Waals surface area contributed by atoms with Crippen molar-refractivity contribution in [1.82, 2.24) is 0 Å². The lowest BCUT2D eigenvalue weighted by Gasteiger charge is -2.11. The summed E-state index contributed by atoms with van der Waals surface area (Å²) < 4.78 is 27.4. The zero-order chi connectivity index (χ0) is 16.6. The Labute approximate surface area is 141 Å². The minimum Gasteiger partial charge on any atom is -0.478 e. The first-order valence-corrected chi connectivity index (χ1v) is 9.09. The number of hydrogen-bond acceptors (Lipinski definition) is 4. The predicted molar refractivity (Wildman–Crippen MR) is 91.0 cm³/mol. The van der Waals surface area contributed by atoms with Crippen molar-refractivity contribution < 1.29 is 18.3 Å². The van der Waals surface area contributed by atoms with Crippen molar-refractivity contribution in [2.45, 2.75) is 4.21 Å². The Morgan fingerprint density at radius 3 is 2.30 bits per heavy atom. The van der Waals surface area contributed by atoms with E-state index in [1.807, 2.05) is 0 Å². The maximum atomic E-state index is 12.4. The molecular formula is C15H10ClNO4S2. The van der Waals surface area contributed by atoms with Crippen molar-refractivity contribution in [2.24, 2.45) is 0 Å². The summed E-state index contributed by atoms with van der Waals surface area (Å²) in [5.41, 5.74) is -0.101. The summed E-state index contributed by atoms with van der Waals surface area (Å²) in [4.78, 5) is 11.4. The first-order valence-electron chi connectivity index (χ1n) is 6.41. The number of nitrogens with one attached hydrogen (secondary N) is 1. The van der Waals surface area contributed by atoms with Gasteiger partial charge in [-0.1, -0.05) is 35.9 Å². The van der Waals surface area contributed by atoms with Crippen LogP contribution in [0.2, 0.25) is 4.34 Å². The number of carboxylic acid groups (broad SMARTS) is 1. The van der Waals surface area contributed by atoms with Crippen LogP contribution in [0, 0.1) is 0 Å². The fourth-order valence-corrected chi connectivity index (χ4v) is 4.69. The van der Waals surface area contributed by atoms with Gasteiger partial charge in [0.15, 0.2) is 0 Å². The second-order valence-corrected chi connectivity index (χ2v) is 8.34. The van der Waals surface area contributed by atoms with Gasteiger partial charge in [0.05, 0.1) is 15.6 Å². The number of halogens is 1. The molecule has 5 nitrogen and oxygen atoms in total. The van der Waals surface area contributed by atoms with E-state index in [0.29, 0.717) is 9.72 Å². The van der Waals surface area contributed by atoms with Gasteiger partial charge >= 0.3 is 5.97 Å². The summed E-state index contributed by atoms with van der Waals surface area (Å²) >= 11 is 6.66. The number of sulfonamides is 1. The van der Waals surface area contributed by atoms with Crippen molar-refractivity contribution in [3.05, 3.63) is 58.4 Å². The van der Waals surface area contributed by atoms with Crippen LogP contribution < -0.4 is 4.72 Å². The standard InChI is InChI=1S/C15H10ClNO4S2/c16-13-5-6-14(22-13)23(20,21)17-12-8-10-4-2-1-3-9(10)7-11(12)15(18)19/h1-8,17H,(H,18,19). The summed E-state index contributed by atoms with van der Waals surface area (Å²) in [5.74, 6) is -1.21. The van der Waals surface area contributed by atoms with Gasteiger partial charge in [-0.15, -0.1) is 11.3 Å². The second kappa shape index (κ2) is 5.84. The van der Waals surface area contributed by atoms with Crippen LogP contribution in [0.1, 0.15) is 10.4 Å². The number of fused-ring (bicyclic) bond motifs is 1. The summed E-state index contributed by atoms with van der Waals surface area (Å²) in [7, 11) is -3.90. The van der Waals surface area contributed by atoms with Crippen molar-refractivity contribution >= 4 is 55.4 Å². The molecule has 8 heteroatoms. The molecule has 23 heavy (non-hydrogen) atoms. The molecule has 0 saturated heterocycles. The number of thiophene rings is 1. The second-order valence-electron chi connectivity index (χ2n) is 4.71. The smallest absolute Gasteiger partial charge is 0.337 e. The van der Waals surface area contributed by atoms with Crippen molar-refractivity contribution in [2.75, 3.05) is 4.72 Å². The molecule has 0 fully saturated rings. The van der Waals surface area contributed by atoms with Gasteiger partial charge in [-0.05, 0) is 35.0 Å². The van der Waals surface area contributed by atoms with Crippen molar-refractivity contribution in [3.8, 4) is 0 Å². The van der Waals surface area contributed by atoms with Gasteiger partial charge in [-0.25, -0.2) is 13.2 Å². The summed E-state index contributed by atoms with van der Waals surface area (Å²) in [5, 5.41) is 10.8. The van der Waals surface area contributed by atoms with Crippen LogP contribution in [0.25, 0.3) is 10.8 Å². The van der Waals surface area contributed by atoms with Crippen molar-refractivity contribution in [1.29, 1.82) is 0 Å². The molecule has 2 N–H and O–H groups in total. The summed E-state index contributed by atoms with van der Waals surface area (Å²) in [6.07, 6.45) is 0. The van der Waals surface area contributed by atoms with Gasteiger partial charge in [0.2, 0.25) is 0 Å². The van der Waals surface area contributed by atoms with E-state index in [0.717, 1.165) is 16.7 Å². The zero-order valence-corrected chi connectivity index (χ0v) is 13.9. The molecule has 0 spiro atoms. The Morgan fingerprint density at radius 1 is 1.09 bits per heavy atom. The highest BCUT2D eigenvalue weighted by atomic mass is 35.5. The van der Waals surface area contributed by atoms with Gasteiger partial charge in [-0.2, -0.15) is 0 Å². The van der Waals surface area contributed by atoms with E-state index in [1.165, 1.54) is 24.3 Å². The van der Waals surface area contributed by atoms with Crippen LogP contribution in [-0.2, 0) is 10.0 Å². The molecule has 0 aliphatic heterocycles. The molecule has 3 rings (SSSR count). The largest absolute Gasteiger partial charge is 0.478 e. The van der Waals surface area contributed by atoms with Crippen LogP contribution in [0.3, 0.4) is 0 Å². The average molecular weight is 368 g/mol. The Kier molecular flexibility index (Phi) is 4.01. The Bertz CT molecular complexity index is 1010. The Hall–Kier alpha value is -2.09. The Morgan fingerprint density at radius 2 is 1.74 bits per heavy atom. The highest BCUT2D eigenvalue weighted by molar-refractivity contribution is 7.94. The fraction of sp³-hybridized carbons (Fsp3) is 0. The average Bonchev–Trinajstić information content (AvgIpc) is 2.93. The lowest BCUT2D eigenvalue weighted by molar-refractivity contribution is 0.0698. The lowest BCUT2D eigenvalue weighted by atomic mass is 10.1. The van der Waals surface area contributed by atoms with E-state index >= 15 is 0 Å². The third-order valence-corrected chi connectivity index (χ3v) is 6.26. The van der Waals surface area contributed by atoms with E-state index in [-0.39, 0.29) is 15.5 Å². The van der Waals surface area contributed by atoms with E-state index in [4.69, 9.17) is 11.6 Å². The number of aromatic carboxylic acids is 1. The molecule has 1 aromatic heterocycles. The van der Waals surface area contributed by atoms with Crippen LogP contribution in [0.4, 0.5) is 5.69 Å². The highest BCUT2D eigenvalue weighted by Gasteiger charge is 2.20. The molecule has 0 aliphatic rings. The third kappa shape index (κ3) is 3.17.